The third-order valence-corrected chi connectivity index (χ3v) is 4.51. The zero-order chi connectivity index (χ0) is 12.7. The fraction of sp³-hybridized carbons (Fsp3) is 0.538. The Kier molecular flexibility index (Phi) is 2.38. The molecule has 4 heterocycles. The van der Waals surface area contributed by atoms with Crippen molar-refractivity contribution in [3.05, 3.63) is 23.9 Å². The summed E-state index contributed by atoms with van der Waals surface area (Å²) in [4.78, 5) is 7.07. The Morgan fingerprint density at radius 2 is 2.21 bits per heavy atom. The first-order valence-electron chi connectivity index (χ1n) is 6.78. The number of hydrogen-bond donors (Lipinski definition) is 1. The van der Waals surface area contributed by atoms with Crippen LogP contribution in [0.3, 0.4) is 0 Å². The van der Waals surface area contributed by atoms with Crippen molar-refractivity contribution >= 4 is 0 Å². The van der Waals surface area contributed by atoms with Gasteiger partial charge in [-0.3, -0.25) is 4.98 Å². The molecule has 2 aromatic heterocycles. The van der Waals surface area contributed by atoms with Crippen molar-refractivity contribution in [2.24, 2.45) is 0 Å². The summed E-state index contributed by atoms with van der Waals surface area (Å²) in [5, 5.41) is 13.9. The summed E-state index contributed by atoms with van der Waals surface area (Å²) < 4.78 is 0. The topological polar surface area (TPSA) is 70.6 Å². The van der Waals surface area contributed by atoms with E-state index in [1.807, 2.05) is 12.3 Å². The number of tetrazole rings is 1. The van der Waals surface area contributed by atoms with Gasteiger partial charge in [0, 0.05) is 18.2 Å². The van der Waals surface area contributed by atoms with Crippen LogP contribution in [-0.4, -0.2) is 50.1 Å². The normalized spacial score (nSPS) is 29.6. The molecular formula is C13H16N6. The Labute approximate surface area is 111 Å². The summed E-state index contributed by atoms with van der Waals surface area (Å²) in [5.41, 5.74) is 2.47. The van der Waals surface area contributed by atoms with E-state index in [0.29, 0.717) is 11.2 Å². The highest BCUT2D eigenvalue weighted by atomic mass is 15.5. The molecule has 98 valence electrons. The first kappa shape index (κ1) is 11.0. The second kappa shape index (κ2) is 4.09. The first-order chi connectivity index (χ1) is 9.36. The Morgan fingerprint density at radius 3 is 3.00 bits per heavy atom. The van der Waals surface area contributed by atoms with Crippen LogP contribution in [0.5, 0.6) is 0 Å². The molecule has 2 atom stereocenters. The van der Waals surface area contributed by atoms with Crippen LogP contribution in [0.15, 0.2) is 18.3 Å². The minimum atomic E-state index is 0.334. The highest BCUT2D eigenvalue weighted by molar-refractivity contribution is 5.48. The molecule has 6 heteroatoms. The minimum Gasteiger partial charge on any atom is -0.302 e. The maximum atomic E-state index is 4.50. The Balaban J connectivity index is 1.66. The van der Waals surface area contributed by atoms with Crippen molar-refractivity contribution in [2.75, 3.05) is 19.6 Å². The number of piperidine rings is 1. The molecule has 2 unspecified atom stereocenters. The summed E-state index contributed by atoms with van der Waals surface area (Å²) in [6, 6.07) is 4.19. The summed E-state index contributed by atoms with van der Waals surface area (Å²) >= 11 is 0. The predicted molar refractivity (Wildman–Crippen MR) is 69.4 cm³/mol. The van der Waals surface area contributed by atoms with Gasteiger partial charge in [-0.05, 0) is 49.2 Å². The lowest BCUT2D eigenvalue weighted by atomic mass is 9.75. The second-order valence-electron chi connectivity index (χ2n) is 5.58. The van der Waals surface area contributed by atoms with Gasteiger partial charge in [0.2, 0.25) is 5.82 Å². The number of nitrogens with one attached hydrogen (secondary N) is 1. The number of H-pyrrole nitrogens is 1. The van der Waals surface area contributed by atoms with Gasteiger partial charge in [0.25, 0.3) is 0 Å². The van der Waals surface area contributed by atoms with Crippen molar-refractivity contribution in [3.8, 4) is 11.5 Å². The van der Waals surface area contributed by atoms with Crippen LogP contribution in [0, 0.1) is 0 Å². The molecule has 2 aliphatic heterocycles. The molecule has 0 radical (unpaired) electrons. The molecule has 2 fully saturated rings. The lowest BCUT2D eigenvalue weighted by molar-refractivity contribution is 0.243. The number of hydrogen-bond acceptors (Lipinski definition) is 5. The number of rotatable bonds is 2. The summed E-state index contributed by atoms with van der Waals surface area (Å²) in [5.74, 6) is 0.556. The molecule has 2 saturated heterocycles. The van der Waals surface area contributed by atoms with Crippen LogP contribution in [0.4, 0.5) is 0 Å². The van der Waals surface area contributed by atoms with Gasteiger partial charge in [0.05, 0.1) is 0 Å². The van der Waals surface area contributed by atoms with Gasteiger partial charge in [0.1, 0.15) is 5.69 Å². The van der Waals surface area contributed by atoms with E-state index in [2.05, 4.69) is 36.6 Å². The fourth-order valence-corrected chi connectivity index (χ4v) is 3.48. The van der Waals surface area contributed by atoms with Gasteiger partial charge in [-0.25, -0.2) is 0 Å². The van der Waals surface area contributed by atoms with Crippen molar-refractivity contribution in [2.45, 2.75) is 24.7 Å². The number of fused-ring (bicyclic) bond motifs is 2. The standard InChI is InChI=1S/C13H16N6/c1-4-13(5-7-19(6-1)9-13)10-2-3-11(14-8-10)12-15-17-18-16-12/h2-3,8H,1,4-7,9H2,(H,15,16,17,18). The van der Waals surface area contributed by atoms with Crippen LogP contribution in [0.25, 0.3) is 11.5 Å². The highest BCUT2D eigenvalue weighted by Gasteiger charge is 2.42. The van der Waals surface area contributed by atoms with Crippen LogP contribution in [0.2, 0.25) is 0 Å². The molecular weight excluding hydrogens is 240 g/mol. The SMILES string of the molecule is c1cc(-c2nn[nH]n2)ncc1C12CCCN(CC1)C2. The quantitative estimate of drug-likeness (QED) is 0.868. The molecule has 0 amide bonds. The van der Waals surface area contributed by atoms with Crippen LogP contribution < -0.4 is 0 Å². The summed E-state index contributed by atoms with van der Waals surface area (Å²) in [7, 11) is 0. The van der Waals surface area contributed by atoms with Gasteiger partial charge in [-0.15, -0.1) is 10.2 Å². The van der Waals surface area contributed by atoms with Gasteiger partial charge in [0.15, 0.2) is 0 Å². The summed E-state index contributed by atoms with van der Waals surface area (Å²) in [6.07, 6.45) is 5.84. The van der Waals surface area contributed by atoms with Crippen LogP contribution >= 0.6 is 0 Å². The Morgan fingerprint density at radius 1 is 1.21 bits per heavy atom. The number of aromatic nitrogens is 5. The van der Waals surface area contributed by atoms with E-state index < -0.39 is 0 Å². The number of aromatic amines is 1. The molecule has 6 nitrogen and oxygen atoms in total. The van der Waals surface area contributed by atoms with E-state index >= 15 is 0 Å². The summed E-state index contributed by atoms with van der Waals surface area (Å²) in [6.45, 7) is 3.68. The van der Waals surface area contributed by atoms with Crippen molar-refractivity contribution < 1.29 is 0 Å². The average Bonchev–Trinajstić information content (AvgIpc) is 3.09. The average molecular weight is 256 g/mol. The van der Waals surface area contributed by atoms with Gasteiger partial charge >= 0.3 is 0 Å². The molecule has 0 aromatic carbocycles. The Hall–Kier alpha value is -1.82. The maximum absolute atomic E-state index is 4.50. The monoisotopic (exact) mass is 256 g/mol. The minimum absolute atomic E-state index is 0.334. The molecule has 1 N–H and O–H groups in total. The van der Waals surface area contributed by atoms with E-state index in [1.54, 1.807) is 0 Å². The molecule has 2 bridgehead atoms. The third kappa shape index (κ3) is 1.74. The predicted octanol–water partition coefficient (Wildman–Crippen LogP) is 0.999. The largest absolute Gasteiger partial charge is 0.302 e. The fourth-order valence-electron chi connectivity index (χ4n) is 3.48. The van der Waals surface area contributed by atoms with E-state index in [0.717, 1.165) is 5.69 Å². The zero-order valence-electron chi connectivity index (χ0n) is 10.7. The molecule has 0 aliphatic carbocycles. The smallest absolute Gasteiger partial charge is 0.222 e. The van der Waals surface area contributed by atoms with E-state index in [9.17, 15) is 0 Å². The first-order valence-corrected chi connectivity index (χ1v) is 6.78. The molecule has 2 aliphatic rings. The van der Waals surface area contributed by atoms with Crippen molar-refractivity contribution in [1.82, 2.24) is 30.5 Å². The lowest BCUT2D eigenvalue weighted by Gasteiger charge is -2.34. The van der Waals surface area contributed by atoms with Gasteiger partial charge in [-0.2, -0.15) is 5.21 Å². The Bertz CT molecular complexity index is 559. The number of nitrogens with zero attached hydrogens (tertiary/aromatic N) is 5. The molecule has 0 saturated carbocycles. The second-order valence-corrected chi connectivity index (χ2v) is 5.58. The number of pyridine rings is 1. The molecule has 19 heavy (non-hydrogen) atoms. The van der Waals surface area contributed by atoms with Crippen LogP contribution in [-0.2, 0) is 5.41 Å². The zero-order valence-corrected chi connectivity index (χ0v) is 10.7. The van der Waals surface area contributed by atoms with Gasteiger partial charge < -0.3 is 4.90 Å². The maximum Gasteiger partial charge on any atom is 0.222 e. The molecule has 4 rings (SSSR count). The molecule has 2 aromatic rings. The van der Waals surface area contributed by atoms with E-state index in [1.165, 1.54) is 44.5 Å². The van der Waals surface area contributed by atoms with Gasteiger partial charge in [-0.1, -0.05) is 6.07 Å². The van der Waals surface area contributed by atoms with Crippen molar-refractivity contribution in [1.29, 1.82) is 0 Å². The third-order valence-electron chi connectivity index (χ3n) is 4.51. The van der Waals surface area contributed by atoms with Crippen molar-refractivity contribution in [3.63, 3.8) is 0 Å². The lowest BCUT2D eigenvalue weighted by Crippen LogP contribution is -2.36. The van der Waals surface area contributed by atoms with E-state index in [-0.39, 0.29) is 0 Å². The molecule has 0 spiro atoms. The highest BCUT2D eigenvalue weighted by Crippen LogP contribution is 2.41. The van der Waals surface area contributed by atoms with Crippen LogP contribution in [0.1, 0.15) is 24.8 Å². The van der Waals surface area contributed by atoms with E-state index in [4.69, 9.17) is 0 Å².